The first-order valence-electron chi connectivity index (χ1n) is 8.51. The van der Waals surface area contributed by atoms with E-state index in [1.165, 1.54) is 11.0 Å². The van der Waals surface area contributed by atoms with Crippen LogP contribution in [0.4, 0.5) is 22.0 Å². The van der Waals surface area contributed by atoms with Crippen LogP contribution in [0.3, 0.4) is 0 Å². The summed E-state index contributed by atoms with van der Waals surface area (Å²) >= 11 is 0. The third kappa shape index (κ3) is 4.32. The number of halogens is 5. The molecule has 0 spiro atoms. The molecular formula is C17H20F5N3O. The summed E-state index contributed by atoms with van der Waals surface area (Å²) in [6.07, 6.45) is -4.02. The Bertz CT molecular complexity index is 660. The Kier molecular flexibility index (Phi) is 5.47. The van der Waals surface area contributed by atoms with E-state index in [1.807, 2.05) is 0 Å². The summed E-state index contributed by atoms with van der Waals surface area (Å²) < 4.78 is 66.2. The zero-order valence-corrected chi connectivity index (χ0v) is 14.0. The van der Waals surface area contributed by atoms with E-state index in [2.05, 4.69) is 10.6 Å². The maximum absolute atomic E-state index is 13.3. The molecule has 1 aliphatic carbocycles. The van der Waals surface area contributed by atoms with Crippen LogP contribution in [0.5, 0.6) is 0 Å². The maximum atomic E-state index is 13.3. The number of alkyl halides is 3. The number of carbonyl (C=O) groups excluding carboxylic acids is 1. The largest absolute Gasteiger partial charge is 0.405 e. The standard InChI is InChI=1S/C17H20F5N3O/c18-13-2-1-10(7-14(13)19)11-8-12(11)16(26)24-9-15(17(20,21)22)25-5-3-23-4-6-25/h1-2,7,11-12,15,23H,3-6,8-9H2,(H,24,26). The quantitative estimate of drug-likeness (QED) is 0.772. The monoisotopic (exact) mass is 377 g/mol. The van der Waals surface area contributed by atoms with Gasteiger partial charge in [0.2, 0.25) is 5.91 Å². The van der Waals surface area contributed by atoms with Crippen molar-refractivity contribution >= 4 is 5.91 Å². The summed E-state index contributed by atoms with van der Waals surface area (Å²) in [5.41, 5.74) is 0.485. The molecule has 3 rings (SSSR count). The summed E-state index contributed by atoms with van der Waals surface area (Å²) in [6, 6.07) is 1.69. The van der Waals surface area contributed by atoms with Crippen molar-refractivity contribution in [2.45, 2.75) is 24.6 Å². The van der Waals surface area contributed by atoms with Crippen molar-refractivity contribution in [3.63, 3.8) is 0 Å². The van der Waals surface area contributed by atoms with E-state index in [0.717, 1.165) is 12.1 Å². The molecule has 2 aliphatic rings. The van der Waals surface area contributed by atoms with Crippen molar-refractivity contribution in [2.75, 3.05) is 32.7 Å². The van der Waals surface area contributed by atoms with Gasteiger partial charge in [-0.05, 0) is 30.0 Å². The third-order valence-electron chi connectivity index (χ3n) is 4.94. The summed E-state index contributed by atoms with van der Waals surface area (Å²) in [6.45, 7) is 0.966. The van der Waals surface area contributed by atoms with Gasteiger partial charge in [0.25, 0.3) is 0 Å². The molecule has 144 valence electrons. The highest BCUT2D eigenvalue weighted by Crippen LogP contribution is 2.47. The molecule has 2 N–H and O–H groups in total. The Morgan fingerprint density at radius 3 is 2.54 bits per heavy atom. The number of amides is 1. The second-order valence-electron chi connectivity index (χ2n) is 6.71. The SMILES string of the molecule is O=C(NCC(N1CCNCC1)C(F)(F)F)C1CC1c1ccc(F)c(F)c1. The maximum Gasteiger partial charge on any atom is 0.405 e. The second-order valence-corrected chi connectivity index (χ2v) is 6.71. The molecule has 1 aromatic rings. The van der Waals surface area contributed by atoms with Crippen LogP contribution in [0.15, 0.2) is 18.2 Å². The molecular weight excluding hydrogens is 357 g/mol. The van der Waals surface area contributed by atoms with E-state index >= 15 is 0 Å². The number of hydrogen-bond donors (Lipinski definition) is 2. The van der Waals surface area contributed by atoms with Gasteiger partial charge in [-0.1, -0.05) is 6.07 Å². The first kappa shape index (κ1) is 19.0. The highest BCUT2D eigenvalue weighted by atomic mass is 19.4. The fourth-order valence-electron chi connectivity index (χ4n) is 3.37. The molecule has 26 heavy (non-hydrogen) atoms. The van der Waals surface area contributed by atoms with Gasteiger partial charge in [0, 0.05) is 38.6 Å². The summed E-state index contributed by atoms with van der Waals surface area (Å²) in [5, 5.41) is 5.38. The van der Waals surface area contributed by atoms with Gasteiger partial charge in [0.1, 0.15) is 6.04 Å². The number of nitrogens with one attached hydrogen (secondary N) is 2. The van der Waals surface area contributed by atoms with Gasteiger partial charge in [-0.3, -0.25) is 9.69 Å². The van der Waals surface area contributed by atoms with Crippen molar-refractivity contribution in [1.29, 1.82) is 0 Å². The smallest absolute Gasteiger partial charge is 0.354 e. The van der Waals surface area contributed by atoms with Gasteiger partial charge in [0.05, 0.1) is 0 Å². The Morgan fingerprint density at radius 2 is 1.92 bits per heavy atom. The number of hydrogen-bond acceptors (Lipinski definition) is 3. The molecule has 1 aliphatic heterocycles. The summed E-state index contributed by atoms with van der Waals surface area (Å²) in [4.78, 5) is 13.5. The van der Waals surface area contributed by atoms with E-state index in [1.54, 1.807) is 0 Å². The van der Waals surface area contributed by atoms with Gasteiger partial charge in [-0.15, -0.1) is 0 Å². The topological polar surface area (TPSA) is 44.4 Å². The van der Waals surface area contributed by atoms with Crippen LogP contribution >= 0.6 is 0 Å². The van der Waals surface area contributed by atoms with E-state index in [0.29, 0.717) is 25.1 Å². The molecule has 1 aromatic carbocycles. The lowest BCUT2D eigenvalue weighted by molar-refractivity contribution is -0.184. The number of benzene rings is 1. The molecule has 1 heterocycles. The molecule has 1 saturated heterocycles. The molecule has 0 bridgehead atoms. The fourth-order valence-corrected chi connectivity index (χ4v) is 3.37. The van der Waals surface area contributed by atoms with Crippen molar-refractivity contribution in [1.82, 2.24) is 15.5 Å². The lowest BCUT2D eigenvalue weighted by Gasteiger charge is -2.35. The van der Waals surface area contributed by atoms with Crippen molar-refractivity contribution in [2.24, 2.45) is 5.92 Å². The minimum atomic E-state index is -4.44. The lowest BCUT2D eigenvalue weighted by Crippen LogP contribution is -2.57. The van der Waals surface area contributed by atoms with Crippen LogP contribution in [-0.2, 0) is 4.79 Å². The molecule has 0 aromatic heterocycles. The van der Waals surface area contributed by atoms with E-state index in [-0.39, 0.29) is 19.0 Å². The molecule has 1 saturated carbocycles. The van der Waals surface area contributed by atoms with Crippen LogP contribution in [0.1, 0.15) is 17.9 Å². The minimum Gasteiger partial charge on any atom is -0.354 e. The van der Waals surface area contributed by atoms with Gasteiger partial charge in [-0.2, -0.15) is 13.2 Å². The summed E-state index contributed by atoms with van der Waals surface area (Å²) in [7, 11) is 0. The molecule has 0 radical (unpaired) electrons. The van der Waals surface area contributed by atoms with E-state index in [4.69, 9.17) is 0 Å². The normalized spacial score (nSPS) is 25.0. The highest BCUT2D eigenvalue weighted by Gasteiger charge is 2.47. The van der Waals surface area contributed by atoms with Gasteiger partial charge < -0.3 is 10.6 Å². The Balaban J connectivity index is 1.56. The van der Waals surface area contributed by atoms with Crippen molar-refractivity contribution < 1.29 is 26.7 Å². The Morgan fingerprint density at radius 1 is 1.23 bits per heavy atom. The minimum absolute atomic E-state index is 0.265. The number of rotatable bonds is 5. The molecule has 3 atom stereocenters. The van der Waals surface area contributed by atoms with Crippen LogP contribution in [0.25, 0.3) is 0 Å². The zero-order chi connectivity index (χ0) is 18.9. The molecule has 2 fully saturated rings. The Labute approximate surface area is 147 Å². The van der Waals surface area contributed by atoms with E-state index in [9.17, 15) is 26.7 Å². The van der Waals surface area contributed by atoms with Crippen LogP contribution in [-0.4, -0.2) is 55.7 Å². The molecule has 3 unspecified atom stereocenters. The van der Waals surface area contributed by atoms with E-state index < -0.39 is 42.2 Å². The highest BCUT2D eigenvalue weighted by molar-refractivity contribution is 5.82. The van der Waals surface area contributed by atoms with Gasteiger partial charge >= 0.3 is 6.18 Å². The number of nitrogens with zero attached hydrogens (tertiary/aromatic N) is 1. The molecule has 9 heteroatoms. The van der Waals surface area contributed by atoms with Crippen LogP contribution in [0.2, 0.25) is 0 Å². The predicted octanol–water partition coefficient (Wildman–Crippen LogP) is 2.02. The van der Waals surface area contributed by atoms with Gasteiger partial charge in [0.15, 0.2) is 11.6 Å². The predicted molar refractivity (Wildman–Crippen MR) is 84.5 cm³/mol. The molecule has 1 amide bonds. The first-order valence-corrected chi connectivity index (χ1v) is 8.51. The summed E-state index contributed by atoms with van der Waals surface area (Å²) in [5.74, 6) is -3.24. The first-order chi connectivity index (χ1) is 12.3. The average Bonchev–Trinajstić information content (AvgIpc) is 3.38. The van der Waals surface area contributed by atoms with Crippen molar-refractivity contribution in [3.05, 3.63) is 35.4 Å². The number of carbonyl (C=O) groups is 1. The molecule has 4 nitrogen and oxygen atoms in total. The average molecular weight is 377 g/mol. The third-order valence-corrected chi connectivity index (χ3v) is 4.94. The lowest BCUT2D eigenvalue weighted by atomic mass is 10.1. The van der Waals surface area contributed by atoms with Crippen LogP contribution < -0.4 is 10.6 Å². The van der Waals surface area contributed by atoms with Crippen LogP contribution in [0, 0.1) is 17.6 Å². The van der Waals surface area contributed by atoms with Gasteiger partial charge in [-0.25, -0.2) is 8.78 Å². The fraction of sp³-hybridized carbons (Fsp3) is 0.588. The Hall–Kier alpha value is -1.74. The number of piperazine rings is 1. The second kappa shape index (κ2) is 7.48. The van der Waals surface area contributed by atoms with Crippen molar-refractivity contribution in [3.8, 4) is 0 Å². The zero-order valence-electron chi connectivity index (χ0n) is 14.0.